The van der Waals surface area contributed by atoms with Crippen molar-refractivity contribution in [1.29, 1.82) is 0 Å². The number of thiophene rings is 1. The van der Waals surface area contributed by atoms with Crippen molar-refractivity contribution in [3.8, 4) is 5.75 Å². The van der Waals surface area contributed by atoms with Crippen LogP contribution in [0.2, 0.25) is 0 Å². The van der Waals surface area contributed by atoms with Crippen molar-refractivity contribution in [2.24, 2.45) is 0 Å². The molecule has 0 spiro atoms. The van der Waals surface area contributed by atoms with Crippen molar-refractivity contribution in [1.82, 2.24) is 5.32 Å². The Bertz CT molecular complexity index is 519. The third kappa shape index (κ3) is 4.05. The standard InChI is InChI=1S/C14H15Br2NOS/c1-9(10-3-5-11(18-2)6-4-10)17-8-12-7-13(15)14(16)19-12/h3-7,9,17H,8H2,1-2H3. The summed E-state index contributed by atoms with van der Waals surface area (Å²) >= 11 is 8.76. The predicted octanol–water partition coefficient (Wildman–Crippen LogP) is 5.13. The minimum atomic E-state index is 0.311. The second-order valence-corrected chi connectivity index (χ2v) is 7.52. The molecule has 0 saturated heterocycles. The van der Waals surface area contributed by atoms with E-state index in [0.717, 1.165) is 20.6 Å². The van der Waals surface area contributed by atoms with E-state index in [0.29, 0.717) is 6.04 Å². The molecule has 0 radical (unpaired) electrons. The molecule has 102 valence electrons. The van der Waals surface area contributed by atoms with Gasteiger partial charge in [-0.25, -0.2) is 0 Å². The fraction of sp³-hybridized carbons (Fsp3) is 0.286. The minimum Gasteiger partial charge on any atom is -0.497 e. The Balaban J connectivity index is 1.94. The number of halogens is 2. The quantitative estimate of drug-likeness (QED) is 0.745. The molecule has 0 aliphatic rings. The van der Waals surface area contributed by atoms with E-state index < -0.39 is 0 Å². The largest absolute Gasteiger partial charge is 0.497 e. The van der Waals surface area contributed by atoms with Crippen molar-refractivity contribution in [2.75, 3.05) is 7.11 Å². The molecular formula is C14H15Br2NOS. The highest BCUT2D eigenvalue weighted by atomic mass is 79.9. The van der Waals surface area contributed by atoms with Gasteiger partial charge in [0.2, 0.25) is 0 Å². The van der Waals surface area contributed by atoms with Gasteiger partial charge in [0, 0.05) is 21.9 Å². The van der Waals surface area contributed by atoms with Gasteiger partial charge in [-0.1, -0.05) is 12.1 Å². The number of hydrogen-bond acceptors (Lipinski definition) is 3. The van der Waals surface area contributed by atoms with E-state index in [2.05, 4.69) is 62.3 Å². The Hall–Kier alpha value is -0.360. The normalized spacial score (nSPS) is 12.4. The van der Waals surface area contributed by atoms with E-state index in [1.165, 1.54) is 10.4 Å². The van der Waals surface area contributed by atoms with Crippen molar-refractivity contribution < 1.29 is 4.74 Å². The van der Waals surface area contributed by atoms with E-state index in [9.17, 15) is 0 Å². The summed E-state index contributed by atoms with van der Waals surface area (Å²) < 4.78 is 7.42. The Morgan fingerprint density at radius 2 is 1.95 bits per heavy atom. The molecule has 1 N–H and O–H groups in total. The van der Waals surface area contributed by atoms with E-state index in [1.54, 1.807) is 18.4 Å². The Morgan fingerprint density at radius 1 is 1.26 bits per heavy atom. The molecule has 2 rings (SSSR count). The summed E-state index contributed by atoms with van der Waals surface area (Å²) in [6.45, 7) is 3.03. The monoisotopic (exact) mass is 403 g/mol. The van der Waals surface area contributed by atoms with Crippen LogP contribution in [0.4, 0.5) is 0 Å². The highest BCUT2D eigenvalue weighted by Gasteiger charge is 2.08. The molecule has 0 fully saturated rings. The zero-order chi connectivity index (χ0) is 13.8. The Kier molecular flexibility index (Phi) is 5.45. The topological polar surface area (TPSA) is 21.3 Å². The summed E-state index contributed by atoms with van der Waals surface area (Å²) in [4.78, 5) is 1.30. The van der Waals surface area contributed by atoms with Gasteiger partial charge in [0.1, 0.15) is 5.75 Å². The van der Waals surface area contributed by atoms with Gasteiger partial charge in [-0.05, 0) is 62.5 Å². The fourth-order valence-electron chi connectivity index (χ4n) is 1.74. The van der Waals surface area contributed by atoms with Crippen LogP contribution in [0.3, 0.4) is 0 Å². The average molecular weight is 405 g/mol. The van der Waals surface area contributed by atoms with Gasteiger partial charge in [-0.15, -0.1) is 11.3 Å². The van der Waals surface area contributed by atoms with E-state index >= 15 is 0 Å². The van der Waals surface area contributed by atoms with Crippen LogP contribution in [0.15, 0.2) is 38.6 Å². The first kappa shape index (κ1) is 15.0. The van der Waals surface area contributed by atoms with Gasteiger partial charge in [0.25, 0.3) is 0 Å². The van der Waals surface area contributed by atoms with Crippen LogP contribution >= 0.6 is 43.2 Å². The maximum atomic E-state index is 5.16. The van der Waals surface area contributed by atoms with Crippen LogP contribution in [-0.2, 0) is 6.54 Å². The summed E-state index contributed by atoms with van der Waals surface area (Å²) in [5.74, 6) is 0.891. The molecule has 2 nitrogen and oxygen atoms in total. The summed E-state index contributed by atoms with van der Waals surface area (Å²) in [5.41, 5.74) is 1.26. The van der Waals surface area contributed by atoms with Crippen LogP contribution in [0.1, 0.15) is 23.4 Å². The minimum absolute atomic E-state index is 0.311. The molecule has 1 atom stereocenters. The number of methoxy groups -OCH3 is 1. The Morgan fingerprint density at radius 3 is 2.47 bits per heavy atom. The van der Waals surface area contributed by atoms with Gasteiger partial charge >= 0.3 is 0 Å². The molecular weight excluding hydrogens is 390 g/mol. The second kappa shape index (κ2) is 6.88. The van der Waals surface area contributed by atoms with Crippen molar-refractivity contribution >= 4 is 43.2 Å². The van der Waals surface area contributed by atoms with Crippen LogP contribution < -0.4 is 10.1 Å². The molecule has 1 heterocycles. The molecule has 0 saturated carbocycles. The number of benzene rings is 1. The molecule has 0 bridgehead atoms. The first-order valence-corrected chi connectivity index (χ1v) is 8.31. The molecule has 0 amide bonds. The molecule has 5 heteroatoms. The third-order valence-electron chi connectivity index (χ3n) is 2.89. The van der Waals surface area contributed by atoms with E-state index in [1.807, 2.05) is 12.1 Å². The lowest BCUT2D eigenvalue weighted by Crippen LogP contribution is -2.17. The molecule has 19 heavy (non-hydrogen) atoms. The predicted molar refractivity (Wildman–Crippen MR) is 88.0 cm³/mol. The number of rotatable bonds is 5. The highest BCUT2D eigenvalue weighted by molar-refractivity contribution is 9.13. The summed E-state index contributed by atoms with van der Waals surface area (Å²) in [6.07, 6.45) is 0. The van der Waals surface area contributed by atoms with E-state index in [4.69, 9.17) is 4.74 Å². The Labute approximate surface area is 134 Å². The number of nitrogens with one attached hydrogen (secondary N) is 1. The van der Waals surface area contributed by atoms with E-state index in [-0.39, 0.29) is 0 Å². The van der Waals surface area contributed by atoms with Gasteiger partial charge < -0.3 is 10.1 Å². The van der Waals surface area contributed by atoms with Crippen LogP contribution in [0, 0.1) is 0 Å². The second-order valence-electron chi connectivity index (χ2n) is 4.21. The van der Waals surface area contributed by atoms with Gasteiger partial charge in [-0.2, -0.15) is 0 Å². The summed E-state index contributed by atoms with van der Waals surface area (Å²) in [6, 6.07) is 10.6. The maximum absolute atomic E-state index is 5.16. The highest BCUT2D eigenvalue weighted by Crippen LogP contribution is 2.32. The summed E-state index contributed by atoms with van der Waals surface area (Å²) in [5, 5.41) is 3.52. The molecule has 2 aromatic rings. The van der Waals surface area contributed by atoms with Gasteiger partial charge in [0.05, 0.1) is 10.9 Å². The number of hydrogen-bond donors (Lipinski definition) is 1. The molecule has 1 unspecified atom stereocenters. The first-order chi connectivity index (χ1) is 9.10. The van der Waals surface area contributed by atoms with Crippen LogP contribution in [0.25, 0.3) is 0 Å². The van der Waals surface area contributed by atoms with Gasteiger partial charge in [-0.3, -0.25) is 0 Å². The zero-order valence-corrected chi connectivity index (χ0v) is 14.7. The third-order valence-corrected chi connectivity index (χ3v) is 6.15. The lowest BCUT2D eigenvalue weighted by atomic mass is 10.1. The van der Waals surface area contributed by atoms with Crippen LogP contribution in [-0.4, -0.2) is 7.11 Å². The molecule has 0 aliphatic heterocycles. The molecule has 0 aliphatic carbocycles. The average Bonchev–Trinajstić information content (AvgIpc) is 2.75. The smallest absolute Gasteiger partial charge is 0.118 e. The maximum Gasteiger partial charge on any atom is 0.118 e. The lowest BCUT2D eigenvalue weighted by Gasteiger charge is -2.14. The van der Waals surface area contributed by atoms with Gasteiger partial charge in [0.15, 0.2) is 0 Å². The summed E-state index contributed by atoms with van der Waals surface area (Å²) in [7, 11) is 1.68. The lowest BCUT2D eigenvalue weighted by molar-refractivity contribution is 0.414. The zero-order valence-electron chi connectivity index (χ0n) is 10.7. The first-order valence-electron chi connectivity index (χ1n) is 5.91. The van der Waals surface area contributed by atoms with Crippen molar-refractivity contribution in [2.45, 2.75) is 19.5 Å². The van der Waals surface area contributed by atoms with Crippen LogP contribution in [0.5, 0.6) is 5.75 Å². The number of ether oxygens (including phenoxy) is 1. The molecule has 1 aromatic heterocycles. The SMILES string of the molecule is COc1ccc(C(C)NCc2cc(Br)c(Br)s2)cc1. The van der Waals surface area contributed by atoms with Crippen molar-refractivity contribution in [3.05, 3.63) is 49.0 Å². The molecule has 1 aromatic carbocycles. The fourth-order valence-corrected chi connectivity index (χ4v) is 3.87. The van der Waals surface area contributed by atoms with Crippen molar-refractivity contribution in [3.63, 3.8) is 0 Å².